The molecule has 0 saturated heterocycles. The summed E-state index contributed by atoms with van der Waals surface area (Å²) in [4.78, 5) is 56.8. The van der Waals surface area contributed by atoms with E-state index in [-0.39, 0.29) is 19.3 Å². The summed E-state index contributed by atoms with van der Waals surface area (Å²) < 4.78 is 0. The van der Waals surface area contributed by atoms with Crippen molar-refractivity contribution < 1.29 is 34.2 Å². The number of hydrogen-bond donors (Lipinski definition) is 6. The van der Waals surface area contributed by atoms with Crippen LogP contribution in [0.15, 0.2) is 0 Å². The average Bonchev–Trinajstić information content (AvgIpc) is 2.54. The van der Waals surface area contributed by atoms with Gasteiger partial charge in [-0.1, -0.05) is 0 Å². The molecule has 0 bridgehead atoms. The molecule has 0 aromatic carbocycles. The predicted octanol–water partition coefficient (Wildman–Crippen LogP) is -2.14. The van der Waals surface area contributed by atoms with Crippen molar-refractivity contribution in [1.82, 2.24) is 10.6 Å². The first kappa shape index (κ1) is 23.7. The van der Waals surface area contributed by atoms with E-state index >= 15 is 0 Å². The van der Waals surface area contributed by atoms with Crippen LogP contribution in [-0.2, 0) is 24.0 Å². The summed E-state index contributed by atoms with van der Waals surface area (Å²) in [6, 6.07) is -3.79. The smallest absolute Gasteiger partial charge is 0.326 e. The highest BCUT2D eigenvalue weighted by atomic mass is 32.2. The maximum absolute atomic E-state index is 12.3. The molecule has 0 spiro atoms. The highest BCUT2D eigenvalue weighted by Crippen LogP contribution is 2.04. The number of carboxylic acids is 2. The maximum Gasteiger partial charge on any atom is 0.326 e. The molecule has 0 unspecified atom stereocenters. The van der Waals surface area contributed by atoms with Crippen molar-refractivity contribution in [1.29, 1.82) is 0 Å². The van der Waals surface area contributed by atoms with Crippen LogP contribution in [0, 0.1) is 0 Å². The fraction of sp³-hybridized carbons (Fsp3) is 0.643. The van der Waals surface area contributed by atoms with Gasteiger partial charge in [0.1, 0.15) is 12.1 Å². The molecule has 0 aliphatic rings. The summed E-state index contributed by atoms with van der Waals surface area (Å²) in [5.74, 6) is -4.57. The lowest BCUT2D eigenvalue weighted by Crippen LogP contribution is -2.55. The third-order valence-corrected chi connectivity index (χ3v) is 3.92. The number of nitrogens with one attached hydrogen (secondary N) is 2. The van der Waals surface area contributed by atoms with Gasteiger partial charge in [0.2, 0.25) is 17.7 Å². The zero-order valence-corrected chi connectivity index (χ0v) is 15.1. The van der Waals surface area contributed by atoms with E-state index in [0.29, 0.717) is 5.75 Å². The molecule has 0 heterocycles. The summed E-state index contributed by atoms with van der Waals surface area (Å²) in [5.41, 5.74) is 10.6. The van der Waals surface area contributed by atoms with Crippen molar-refractivity contribution in [3.05, 3.63) is 0 Å². The van der Waals surface area contributed by atoms with E-state index in [9.17, 15) is 24.0 Å². The minimum atomic E-state index is -1.63. The second-order valence-electron chi connectivity index (χ2n) is 5.45. The quantitative estimate of drug-likeness (QED) is 0.202. The molecular formula is C14H24N4O7S. The van der Waals surface area contributed by atoms with Gasteiger partial charge in [0, 0.05) is 6.42 Å². The molecule has 148 valence electrons. The second kappa shape index (κ2) is 12.1. The minimum absolute atomic E-state index is 0.00516. The number of amides is 3. The van der Waals surface area contributed by atoms with Crippen LogP contribution in [0.1, 0.15) is 25.7 Å². The summed E-state index contributed by atoms with van der Waals surface area (Å²) >= 11 is 1.40. The molecule has 0 aliphatic carbocycles. The molecule has 0 aromatic heterocycles. The van der Waals surface area contributed by atoms with Crippen LogP contribution < -0.4 is 22.1 Å². The number of nitrogens with two attached hydrogens (primary N) is 2. The summed E-state index contributed by atoms with van der Waals surface area (Å²) in [7, 11) is 0. The van der Waals surface area contributed by atoms with Crippen LogP contribution in [0.3, 0.4) is 0 Å². The maximum atomic E-state index is 12.3. The molecule has 3 amide bonds. The lowest BCUT2D eigenvalue weighted by Gasteiger charge is -2.22. The van der Waals surface area contributed by atoms with Crippen molar-refractivity contribution in [3.8, 4) is 0 Å². The molecule has 26 heavy (non-hydrogen) atoms. The topological polar surface area (TPSA) is 202 Å². The Morgan fingerprint density at radius 3 is 2.04 bits per heavy atom. The van der Waals surface area contributed by atoms with Gasteiger partial charge < -0.3 is 32.3 Å². The molecule has 0 radical (unpaired) electrons. The fourth-order valence-corrected chi connectivity index (χ4v) is 2.33. The van der Waals surface area contributed by atoms with Gasteiger partial charge in [0.05, 0.1) is 12.5 Å². The Hall–Kier alpha value is -2.34. The van der Waals surface area contributed by atoms with Crippen molar-refractivity contribution in [2.75, 3.05) is 12.0 Å². The van der Waals surface area contributed by atoms with Crippen molar-refractivity contribution >= 4 is 41.4 Å². The molecule has 0 saturated carbocycles. The van der Waals surface area contributed by atoms with Gasteiger partial charge in [-0.15, -0.1) is 0 Å². The number of thioether (sulfide) groups is 1. The Kier molecular flexibility index (Phi) is 11.0. The van der Waals surface area contributed by atoms with Gasteiger partial charge in [0.25, 0.3) is 0 Å². The van der Waals surface area contributed by atoms with Gasteiger partial charge >= 0.3 is 11.9 Å². The largest absolute Gasteiger partial charge is 0.481 e. The van der Waals surface area contributed by atoms with E-state index in [1.807, 2.05) is 0 Å². The molecule has 0 aromatic rings. The molecule has 0 rings (SSSR count). The van der Waals surface area contributed by atoms with Gasteiger partial charge in [-0.25, -0.2) is 4.79 Å². The predicted molar refractivity (Wildman–Crippen MR) is 93.2 cm³/mol. The van der Waals surface area contributed by atoms with E-state index in [0.717, 1.165) is 0 Å². The van der Waals surface area contributed by atoms with E-state index in [2.05, 4.69) is 10.6 Å². The number of carboxylic acid groups (broad SMARTS) is 2. The van der Waals surface area contributed by atoms with E-state index < -0.39 is 54.2 Å². The first-order valence-electron chi connectivity index (χ1n) is 7.66. The van der Waals surface area contributed by atoms with E-state index in [4.69, 9.17) is 21.7 Å². The van der Waals surface area contributed by atoms with Crippen LogP contribution >= 0.6 is 11.8 Å². The summed E-state index contributed by atoms with van der Waals surface area (Å²) in [6.45, 7) is 0. The average molecular weight is 392 g/mol. The highest BCUT2D eigenvalue weighted by molar-refractivity contribution is 7.98. The van der Waals surface area contributed by atoms with Gasteiger partial charge in [-0.05, 0) is 24.9 Å². The first-order valence-corrected chi connectivity index (χ1v) is 9.06. The lowest BCUT2D eigenvalue weighted by atomic mass is 10.1. The Bertz CT molecular complexity index is 543. The summed E-state index contributed by atoms with van der Waals surface area (Å²) in [6.07, 6.45) is 1.05. The molecule has 0 fully saturated rings. The fourth-order valence-electron chi connectivity index (χ4n) is 1.86. The normalized spacial score (nSPS) is 13.9. The van der Waals surface area contributed by atoms with E-state index in [1.165, 1.54) is 11.8 Å². The van der Waals surface area contributed by atoms with Crippen molar-refractivity contribution in [2.45, 2.75) is 43.8 Å². The Morgan fingerprint density at radius 2 is 1.58 bits per heavy atom. The number of aliphatic carboxylic acids is 2. The first-order chi connectivity index (χ1) is 12.1. The van der Waals surface area contributed by atoms with Crippen LogP contribution in [-0.4, -0.2) is 70.0 Å². The number of rotatable bonds is 13. The molecule has 11 nitrogen and oxygen atoms in total. The Balaban J connectivity index is 4.96. The molecule has 8 N–H and O–H groups in total. The van der Waals surface area contributed by atoms with Gasteiger partial charge in [-0.3, -0.25) is 19.2 Å². The minimum Gasteiger partial charge on any atom is -0.481 e. The molecule has 0 aliphatic heterocycles. The Morgan fingerprint density at radius 1 is 1.00 bits per heavy atom. The van der Waals surface area contributed by atoms with Gasteiger partial charge in [-0.2, -0.15) is 11.8 Å². The third kappa shape index (κ3) is 9.84. The second-order valence-corrected chi connectivity index (χ2v) is 6.44. The zero-order valence-electron chi connectivity index (χ0n) is 14.3. The van der Waals surface area contributed by atoms with E-state index in [1.54, 1.807) is 6.26 Å². The lowest BCUT2D eigenvalue weighted by molar-refractivity contribution is -0.147. The van der Waals surface area contributed by atoms with Crippen LogP contribution in [0.4, 0.5) is 0 Å². The molecule has 3 atom stereocenters. The molecular weight excluding hydrogens is 368 g/mol. The zero-order chi connectivity index (χ0) is 20.3. The van der Waals surface area contributed by atoms with Crippen molar-refractivity contribution in [2.24, 2.45) is 11.5 Å². The van der Waals surface area contributed by atoms with Crippen LogP contribution in [0.5, 0.6) is 0 Å². The Labute approximate surface area is 154 Å². The van der Waals surface area contributed by atoms with Crippen molar-refractivity contribution in [3.63, 3.8) is 0 Å². The number of carbonyl (C=O) groups excluding carboxylic acids is 3. The number of hydrogen-bond acceptors (Lipinski definition) is 7. The number of carbonyl (C=O) groups is 5. The number of primary amides is 1. The SMILES string of the molecule is CSCC[C@H](NC(=O)[C@@H](N)CCC(N)=O)C(=O)N[C@@H](CC(=O)O)C(=O)O. The van der Waals surface area contributed by atoms with Crippen LogP contribution in [0.25, 0.3) is 0 Å². The highest BCUT2D eigenvalue weighted by Gasteiger charge is 2.29. The monoisotopic (exact) mass is 392 g/mol. The summed E-state index contributed by atoms with van der Waals surface area (Å²) in [5, 5.41) is 22.2. The molecule has 12 heteroatoms. The van der Waals surface area contributed by atoms with Gasteiger partial charge in [0.15, 0.2) is 0 Å². The van der Waals surface area contributed by atoms with Crippen LogP contribution in [0.2, 0.25) is 0 Å². The third-order valence-electron chi connectivity index (χ3n) is 3.28. The standard InChI is InChI=1S/C14H24N4O7S/c1-26-5-4-8(17-12(22)7(15)2-3-10(16)19)13(23)18-9(14(24)25)6-11(20)21/h7-9H,2-6,15H2,1H3,(H2,16,19)(H,17,22)(H,18,23)(H,20,21)(H,24,25)/t7-,8-,9-/m0/s1.